The first kappa shape index (κ1) is 15.8. The minimum Gasteiger partial charge on any atom is -0.490 e. The van der Waals surface area contributed by atoms with Gasteiger partial charge in [-0.2, -0.15) is 0 Å². The molecule has 1 N–H and O–H groups in total. The van der Waals surface area contributed by atoms with E-state index in [1.807, 2.05) is 13.8 Å². The van der Waals surface area contributed by atoms with Gasteiger partial charge >= 0.3 is 5.97 Å². The molecule has 0 saturated carbocycles. The number of hydrogen-bond donors (Lipinski definition) is 1. The molecule has 2 rings (SSSR count). The van der Waals surface area contributed by atoms with E-state index in [1.165, 1.54) is 0 Å². The summed E-state index contributed by atoms with van der Waals surface area (Å²) in [6.07, 6.45) is 0.453. The normalized spacial score (nSPS) is 18.1. The molecular formula is C15H18BrNO4. The van der Waals surface area contributed by atoms with Crippen molar-refractivity contribution in [2.75, 3.05) is 13.1 Å². The lowest BCUT2D eigenvalue weighted by molar-refractivity contribution is -0.141. The quantitative estimate of drug-likeness (QED) is 0.901. The number of hydrogen-bond acceptors (Lipinski definition) is 3. The maximum Gasteiger partial charge on any atom is 0.308 e. The SMILES string of the molecule is CC(C)Oc1cc(Br)ccc1C(=O)N1CC[C@H](C(=O)O)C1. The minimum absolute atomic E-state index is 0.0452. The molecule has 6 heteroatoms. The van der Waals surface area contributed by atoms with Gasteiger partial charge in [0.2, 0.25) is 0 Å². The Bertz CT molecular complexity index is 559. The fourth-order valence-corrected chi connectivity index (χ4v) is 2.68. The molecule has 1 saturated heterocycles. The molecule has 1 heterocycles. The Balaban J connectivity index is 2.21. The summed E-state index contributed by atoms with van der Waals surface area (Å²) >= 11 is 3.36. The zero-order chi connectivity index (χ0) is 15.6. The number of carbonyl (C=O) groups excluding carboxylic acids is 1. The number of benzene rings is 1. The number of amides is 1. The monoisotopic (exact) mass is 355 g/mol. The van der Waals surface area contributed by atoms with E-state index >= 15 is 0 Å². The third kappa shape index (κ3) is 3.75. The lowest BCUT2D eigenvalue weighted by Gasteiger charge is -2.19. The first-order valence-electron chi connectivity index (χ1n) is 6.86. The van der Waals surface area contributed by atoms with Crippen LogP contribution in [0.5, 0.6) is 5.75 Å². The molecule has 0 radical (unpaired) electrons. The third-order valence-corrected chi connectivity index (χ3v) is 3.85. The highest BCUT2D eigenvalue weighted by Crippen LogP contribution is 2.28. The Hall–Kier alpha value is -1.56. The molecule has 0 unspecified atom stereocenters. The number of carboxylic acids is 1. The maximum absolute atomic E-state index is 12.6. The van der Waals surface area contributed by atoms with Crippen LogP contribution < -0.4 is 4.74 Å². The Labute approximate surface area is 132 Å². The van der Waals surface area contributed by atoms with Crippen molar-refractivity contribution in [3.05, 3.63) is 28.2 Å². The predicted molar refractivity (Wildman–Crippen MR) is 81.6 cm³/mol. The number of likely N-dealkylation sites (tertiary alicyclic amines) is 1. The second kappa shape index (κ2) is 6.47. The van der Waals surface area contributed by atoms with Crippen LogP contribution in [0.2, 0.25) is 0 Å². The maximum atomic E-state index is 12.6. The Morgan fingerprint density at radius 1 is 1.43 bits per heavy atom. The first-order chi connectivity index (χ1) is 9.88. The molecule has 21 heavy (non-hydrogen) atoms. The molecule has 1 aliphatic rings. The average molecular weight is 356 g/mol. The molecule has 1 amide bonds. The summed E-state index contributed by atoms with van der Waals surface area (Å²) in [6.45, 7) is 4.51. The first-order valence-corrected chi connectivity index (χ1v) is 7.66. The molecule has 0 spiro atoms. The van der Waals surface area contributed by atoms with Crippen molar-refractivity contribution < 1.29 is 19.4 Å². The van der Waals surface area contributed by atoms with Crippen LogP contribution in [-0.2, 0) is 4.79 Å². The van der Waals surface area contributed by atoms with Gasteiger partial charge < -0.3 is 14.7 Å². The summed E-state index contributed by atoms with van der Waals surface area (Å²) in [5.41, 5.74) is 0.470. The van der Waals surface area contributed by atoms with Crippen molar-refractivity contribution in [1.29, 1.82) is 0 Å². The number of nitrogens with zero attached hydrogens (tertiary/aromatic N) is 1. The van der Waals surface area contributed by atoms with Gasteiger partial charge in [0.25, 0.3) is 5.91 Å². The topological polar surface area (TPSA) is 66.8 Å². The highest BCUT2D eigenvalue weighted by Gasteiger charge is 2.32. The highest BCUT2D eigenvalue weighted by atomic mass is 79.9. The van der Waals surface area contributed by atoms with Crippen LogP contribution in [0.4, 0.5) is 0 Å². The molecule has 1 aromatic carbocycles. The van der Waals surface area contributed by atoms with Gasteiger partial charge in [-0.3, -0.25) is 9.59 Å². The van der Waals surface area contributed by atoms with Crippen molar-refractivity contribution in [3.63, 3.8) is 0 Å². The van der Waals surface area contributed by atoms with Crippen LogP contribution in [-0.4, -0.2) is 41.1 Å². The zero-order valence-corrected chi connectivity index (χ0v) is 13.6. The number of ether oxygens (including phenoxy) is 1. The van der Waals surface area contributed by atoms with Crippen molar-refractivity contribution in [2.45, 2.75) is 26.4 Å². The van der Waals surface area contributed by atoms with Crippen LogP contribution in [0, 0.1) is 5.92 Å². The Morgan fingerprint density at radius 2 is 2.14 bits per heavy atom. The van der Waals surface area contributed by atoms with Crippen molar-refractivity contribution >= 4 is 27.8 Å². The Kier molecular flexibility index (Phi) is 4.88. The van der Waals surface area contributed by atoms with Gasteiger partial charge in [-0.15, -0.1) is 0 Å². The number of carbonyl (C=O) groups is 2. The molecule has 1 aromatic rings. The molecule has 114 valence electrons. The molecule has 0 bridgehead atoms. The molecule has 5 nitrogen and oxygen atoms in total. The van der Waals surface area contributed by atoms with Gasteiger partial charge in [-0.25, -0.2) is 0 Å². The van der Waals surface area contributed by atoms with Crippen molar-refractivity contribution in [3.8, 4) is 5.75 Å². The second-order valence-corrected chi connectivity index (χ2v) is 6.30. The van der Waals surface area contributed by atoms with Crippen molar-refractivity contribution in [2.24, 2.45) is 5.92 Å². The van der Waals surface area contributed by atoms with Gasteiger partial charge in [-0.1, -0.05) is 15.9 Å². The number of rotatable bonds is 4. The minimum atomic E-state index is -0.847. The van der Waals surface area contributed by atoms with Gasteiger partial charge in [0.15, 0.2) is 0 Å². The van der Waals surface area contributed by atoms with E-state index in [0.717, 1.165) is 4.47 Å². The van der Waals surface area contributed by atoms with E-state index < -0.39 is 11.9 Å². The molecule has 0 aromatic heterocycles. The van der Waals surface area contributed by atoms with Gasteiger partial charge in [0.1, 0.15) is 5.75 Å². The largest absolute Gasteiger partial charge is 0.490 e. The van der Waals surface area contributed by atoms with E-state index in [9.17, 15) is 9.59 Å². The van der Waals surface area contributed by atoms with E-state index in [4.69, 9.17) is 9.84 Å². The fraction of sp³-hybridized carbons (Fsp3) is 0.467. The van der Waals surface area contributed by atoms with Crippen LogP contribution in [0.15, 0.2) is 22.7 Å². The number of aliphatic carboxylic acids is 1. The van der Waals surface area contributed by atoms with Crippen LogP contribution >= 0.6 is 15.9 Å². The summed E-state index contributed by atoms with van der Waals surface area (Å²) in [4.78, 5) is 25.1. The Morgan fingerprint density at radius 3 is 2.71 bits per heavy atom. The highest BCUT2D eigenvalue weighted by molar-refractivity contribution is 9.10. The predicted octanol–water partition coefficient (Wildman–Crippen LogP) is 2.78. The summed E-state index contributed by atoms with van der Waals surface area (Å²) < 4.78 is 6.52. The lowest BCUT2D eigenvalue weighted by atomic mass is 10.1. The van der Waals surface area contributed by atoms with E-state index in [2.05, 4.69) is 15.9 Å². The van der Waals surface area contributed by atoms with Crippen LogP contribution in [0.1, 0.15) is 30.6 Å². The summed E-state index contributed by atoms with van der Waals surface area (Å²) in [6, 6.07) is 5.25. The van der Waals surface area contributed by atoms with E-state index in [1.54, 1.807) is 23.1 Å². The van der Waals surface area contributed by atoms with Crippen LogP contribution in [0.25, 0.3) is 0 Å². The van der Waals surface area contributed by atoms with Crippen molar-refractivity contribution in [1.82, 2.24) is 4.90 Å². The number of carboxylic acid groups (broad SMARTS) is 1. The summed E-state index contributed by atoms with van der Waals surface area (Å²) in [5.74, 6) is -0.983. The van der Waals surface area contributed by atoms with Gasteiger partial charge in [0.05, 0.1) is 17.6 Å². The van der Waals surface area contributed by atoms with E-state index in [0.29, 0.717) is 24.3 Å². The smallest absolute Gasteiger partial charge is 0.308 e. The molecule has 0 aliphatic carbocycles. The average Bonchev–Trinajstić information content (AvgIpc) is 2.87. The van der Waals surface area contributed by atoms with Gasteiger partial charge in [-0.05, 0) is 38.5 Å². The van der Waals surface area contributed by atoms with Crippen LogP contribution in [0.3, 0.4) is 0 Å². The molecule has 1 atom stereocenters. The summed E-state index contributed by atoms with van der Waals surface area (Å²) in [5, 5.41) is 9.02. The third-order valence-electron chi connectivity index (χ3n) is 3.36. The van der Waals surface area contributed by atoms with Gasteiger partial charge in [0, 0.05) is 17.6 Å². The zero-order valence-electron chi connectivity index (χ0n) is 12.0. The van der Waals surface area contributed by atoms with E-state index in [-0.39, 0.29) is 18.6 Å². The standard InChI is InChI=1S/C15H18BrNO4/c1-9(2)21-13-7-11(16)3-4-12(13)14(18)17-6-5-10(8-17)15(19)20/h3-4,7,9-10H,5-6,8H2,1-2H3,(H,19,20)/t10-/m0/s1. The lowest BCUT2D eigenvalue weighted by Crippen LogP contribution is -2.30. The molecular weight excluding hydrogens is 338 g/mol. The second-order valence-electron chi connectivity index (χ2n) is 5.38. The molecule has 1 fully saturated rings. The number of halogens is 1. The molecule has 1 aliphatic heterocycles. The summed E-state index contributed by atoms with van der Waals surface area (Å²) in [7, 11) is 0. The fourth-order valence-electron chi connectivity index (χ4n) is 2.34.